The zero-order valence-electron chi connectivity index (χ0n) is 13.3. The largest absolute Gasteiger partial charge is 0.381 e. The maximum absolute atomic E-state index is 6.14. The molecule has 0 bridgehead atoms. The van der Waals surface area contributed by atoms with Gasteiger partial charge in [0, 0.05) is 7.11 Å². The molecule has 1 aliphatic carbocycles. The highest BCUT2D eigenvalue weighted by Gasteiger charge is 2.22. The van der Waals surface area contributed by atoms with Gasteiger partial charge < -0.3 is 9.47 Å². The van der Waals surface area contributed by atoms with Gasteiger partial charge in [-0.05, 0) is 42.2 Å². The minimum atomic E-state index is 0.174. The maximum atomic E-state index is 6.14. The van der Waals surface area contributed by atoms with Gasteiger partial charge in [-0.2, -0.15) is 0 Å². The van der Waals surface area contributed by atoms with Crippen LogP contribution in [0.5, 0.6) is 0 Å². The molecule has 0 radical (unpaired) electrons. The van der Waals surface area contributed by atoms with Crippen LogP contribution in [0.2, 0.25) is 0 Å². The molecule has 2 nitrogen and oxygen atoms in total. The zero-order valence-corrected chi connectivity index (χ0v) is 13.3. The summed E-state index contributed by atoms with van der Waals surface area (Å²) in [5, 5.41) is 0. The molecule has 1 aliphatic rings. The Morgan fingerprint density at radius 1 is 1.00 bits per heavy atom. The van der Waals surface area contributed by atoms with Gasteiger partial charge in [0.1, 0.15) is 0 Å². The minimum Gasteiger partial charge on any atom is -0.381 e. The van der Waals surface area contributed by atoms with Crippen LogP contribution in [-0.4, -0.2) is 19.3 Å². The second-order valence-corrected chi connectivity index (χ2v) is 6.85. The predicted octanol–water partition coefficient (Wildman–Crippen LogP) is 4.46. The molecule has 0 atom stereocenters. The van der Waals surface area contributed by atoms with Crippen molar-refractivity contribution in [1.82, 2.24) is 0 Å². The average Bonchev–Trinajstić information content (AvgIpc) is 2.45. The fraction of sp³-hybridized carbons (Fsp3) is 0.667. The number of hydrogen-bond acceptors (Lipinski definition) is 2. The summed E-state index contributed by atoms with van der Waals surface area (Å²) in [6.45, 7) is 7.51. The predicted molar refractivity (Wildman–Crippen MR) is 83.0 cm³/mol. The van der Waals surface area contributed by atoms with Crippen molar-refractivity contribution >= 4 is 0 Å². The number of ether oxygens (including phenoxy) is 2. The van der Waals surface area contributed by atoms with E-state index < -0.39 is 0 Å². The number of hydrogen-bond donors (Lipinski definition) is 0. The van der Waals surface area contributed by atoms with Crippen LogP contribution in [0.1, 0.15) is 57.6 Å². The molecular formula is C18H28O2. The monoisotopic (exact) mass is 276 g/mol. The Morgan fingerprint density at radius 3 is 2.20 bits per heavy atom. The standard InChI is InChI=1S/C18H28O2/c1-18(2,3)17-8-6-5-7-14(17)13-20-16-11-9-15(19-4)10-12-16/h5-8,15-16H,9-13H2,1-4H3. The molecule has 2 heteroatoms. The lowest BCUT2D eigenvalue weighted by atomic mass is 9.84. The van der Waals surface area contributed by atoms with E-state index in [1.54, 1.807) is 0 Å². The first kappa shape index (κ1) is 15.5. The van der Waals surface area contributed by atoms with Crippen molar-refractivity contribution in [1.29, 1.82) is 0 Å². The van der Waals surface area contributed by atoms with Crippen molar-refractivity contribution in [3.63, 3.8) is 0 Å². The fourth-order valence-electron chi connectivity index (χ4n) is 3.02. The zero-order chi connectivity index (χ0) is 14.6. The van der Waals surface area contributed by atoms with Crippen LogP contribution in [0.25, 0.3) is 0 Å². The average molecular weight is 276 g/mol. The Bertz CT molecular complexity index is 412. The Morgan fingerprint density at radius 2 is 1.60 bits per heavy atom. The van der Waals surface area contributed by atoms with Crippen molar-refractivity contribution < 1.29 is 9.47 Å². The van der Waals surface area contributed by atoms with E-state index in [-0.39, 0.29) is 5.41 Å². The fourth-order valence-corrected chi connectivity index (χ4v) is 3.02. The SMILES string of the molecule is COC1CCC(OCc2ccccc2C(C)(C)C)CC1. The van der Waals surface area contributed by atoms with Crippen LogP contribution in [0.15, 0.2) is 24.3 Å². The van der Waals surface area contributed by atoms with Crippen molar-refractivity contribution in [3.05, 3.63) is 35.4 Å². The number of benzene rings is 1. The molecule has 0 spiro atoms. The molecule has 1 fully saturated rings. The van der Waals surface area contributed by atoms with Gasteiger partial charge in [-0.15, -0.1) is 0 Å². The molecule has 20 heavy (non-hydrogen) atoms. The Balaban J connectivity index is 1.92. The highest BCUT2D eigenvalue weighted by atomic mass is 16.5. The highest BCUT2D eigenvalue weighted by molar-refractivity contribution is 5.32. The molecule has 0 heterocycles. The molecule has 0 aliphatic heterocycles. The third kappa shape index (κ3) is 4.07. The summed E-state index contributed by atoms with van der Waals surface area (Å²) in [6, 6.07) is 8.64. The van der Waals surface area contributed by atoms with Crippen molar-refractivity contribution in [2.24, 2.45) is 0 Å². The molecule has 1 aromatic rings. The third-order valence-electron chi connectivity index (χ3n) is 4.25. The van der Waals surface area contributed by atoms with Gasteiger partial charge in [-0.1, -0.05) is 45.0 Å². The first-order chi connectivity index (χ1) is 9.50. The van der Waals surface area contributed by atoms with Gasteiger partial charge in [-0.3, -0.25) is 0 Å². The Hall–Kier alpha value is -0.860. The molecule has 0 amide bonds. The van der Waals surface area contributed by atoms with Crippen LogP contribution in [0.4, 0.5) is 0 Å². The highest BCUT2D eigenvalue weighted by Crippen LogP contribution is 2.28. The second-order valence-electron chi connectivity index (χ2n) is 6.85. The molecule has 1 saturated carbocycles. The van der Waals surface area contributed by atoms with Gasteiger partial charge in [0.2, 0.25) is 0 Å². The molecule has 0 aromatic heterocycles. The summed E-state index contributed by atoms with van der Waals surface area (Å²) < 4.78 is 11.6. The van der Waals surface area contributed by atoms with Gasteiger partial charge in [0.15, 0.2) is 0 Å². The van der Waals surface area contributed by atoms with E-state index in [2.05, 4.69) is 45.0 Å². The first-order valence-electron chi connectivity index (χ1n) is 7.73. The second kappa shape index (κ2) is 6.73. The van der Waals surface area contributed by atoms with Crippen molar-refractivity contribution in [3.8, 4) is 0 Å². The van der Waals surface area contributed by atoms with Gasteiger partial charge in [0.05, 0.1) is 18.8 Å². The summed E-state index contributed by atoms with van der Waals surface area (Å²) in [5.41, 5.74) is 2.90. The number of rotatable bonds is 4. The first-order valence-corrected chi connectivity index (χ1v) is 7.73. The normalized spacial score (nSPS) is 23.8. The van der Waals surface area contributed by atoms with Crippen LogP contribution < -0.4 is 0 Å². The van der Waals surface area contributed by atoms with Crippen LogP contribution in [0, 0.1) is 0 Å². The minimum absolute atomic E-state index is 0.174. The van der Waals surface area contributed by atoms with E-state index in [4.69, 9.17) is 9.47 Å². The van der Waals surface area contributed by atoms with Crippen LogP contribution in [-0.2, 0) is 21.5 Å². The summed E-state index contributed by atoms with van der Waals surface area (Å²) in [7, 11) is 1.81. The Labute approximate surface area is 123 Å². The third-order valence-corrected chi connectivity index (χ3v) is 4.25. The van der Waals surface area contributed by atoms with Crippen LogP contribution >= 0.6 is 0 Å². The summed E-state index contributed by atoms with van der Waals surface area (Å²) in [6.07, 6.45) is 5.34. The van der Waals surface area contributed by atoms with E-state index in [1.807, 2.05) is 7.11 Å². The van der Waals surface area contributed by atoms with E-state index in [0.29, 0.717) is 12.2 Å². The molecule has 112 valence electrons. The molecule has 1 aromatic carbocycles. The lowest BCUT2D eigenvalue weighted by Crippen LogP contribution is -2.26. The van der Waals surface area contributed by atoms with E-state index >= 15 is 0 Å². The lowest BCUT2D eigenvalue weighted by molar-refractivity contribution is -0.0238. The van der Waals surface area contributed by atoms with Gasteiger partial charge in [-0.25, -0.2) is 0 Å². The van der Waals surface area contributed by atoms with Crippen LogP contribution in [0.3, 0.4) is 0 Å². The van der Waals surface area contributed by atoms with E-state index in [0.717, 1.165) is 32.3 Å². The van der Waals surface area contributed by atoms with Crippen molar-refractivity contribution in [2.45, 2.75) is 70.7 Å². The molecular weight excluding hydrogens is 248 g/mol. The van der Waals surface area contributed by atoms with Gasteiger partial charge >= 0.3 is 0 Å². The quantitative estimate of drug-likeness (QED) is 0.808. The molecule has 0 saturated heterocycles. The summed E-state index contributed by atoms with van der Waals surface area (Å²) in [4.78, 5) is 0. The molecule has 2 rings (SSSR count). The van der Waals surface area contributed by atoms with Crippen molar-refractivity contribution in [2.75, 3.05) is 7.11 Å². The van der Waals surface area contributed by atoms with Gasteiger partial charge in [0.25, 0.3) is 0 Å². The topological polar surface area (TPSA) is 18.5 Å². The molecule has 0 N–H and O–H groups in total. The lowest BCUT2D eigenvalue weighted by Gasteiger charge is -2.29. The number of methoxy groups -OCH3 is 1. The smallest absolute Gasteiger partial charge is 0.0723 e. The summed E-state index contributed by atoms with van der Waals surface area (Å²) in [5.74, 6) is 0. The van der Waals surface area contributed by atoms with E-state index in [9.17, 15) is 0 Å². The maximum Gasteiger partial charge on any atom is 0.0723 e. The summed E-state index contributed by atoms with van der Waals surface area (Å²) >= 11 is 0. The Kier molecular flexibility index (Phi) is 5.22. The molecule has 0 unspecified atom stereocenters. The van der Waals surface area contributed by atoms with E-state index in [1.165, 1.54) is 11.1 Å².